The SMILES string of the molecule is CC(NC(=O)C(N)CS)C(=O)NC(CC(=O)O)C(=O)NC(CC(=O)O)C(=O)O. The van der Waals surface area contributed by atoms with E-state index < -0.39 is 72.6 Å². The molecule has 0 aliphatic carbocycles. The highest BCUT2D eigenvalue weighted by Crippen LogP contribution is 2.00. The van der Waals surface area contributed by atoms with Gasteiger partial charge in [-0.05, 0) is 6.92 Å². The summed E-state index contributed by atoms with van der Waals surface area (Å²) in [5.41, 5.74) is 5.44. The Hall–Kier alpha value is -2.87. The van der Waals surface area contributed by atoms with Crippen LogP contribution in [0.5, 0.6) is 0 Å². The van der Waals surface area contributed by atoms with E-state index in [9.17, 15) is 28.8 Å². The van der Waals surface area contributed by atoms with Crippen LogP contribution in [0, 0.1) is 0 Å². The molecule has 0 saturated heterocycles. The zero-order valence-corrected chi connectivity index (χ0v) is 15.6. The Kier molecular flexibility index (Phi) is 10.6. The van der Waals surface area contributed by atoms with E-state index in [0.29, 0.717) is 0 Å². The number of rotatable bonds is 12. The molecule has 0 saturated carbocycles. The number of nitrogens with one attached hydrogen (secondary N) is 3. The molecule has 0 aliphatic heterocycles. The second-order valence-electron chi connectivity index (χ2n) is 5.68. The number of carboxylic acid groups (broad SMARTS) is 3. The molecule has 0 aliphatic rings. The molecule has 158 valence electrons. The summed E-state index contributed by atoms with van der Waals surface area (Å²) >= 11 is 3.83. The standard InChI is InChI=1S/C14H22N4O9S/c1-5(16-12(24)6(15)4-28)11(23)17-7(2-9(19)20)13(25)18-8(14(26)27)3-10(21)22/h5-8,28H,2-4,15H2,1H3,(H,16,24)(H,17,23)(H,18,25)(H,19,20)(H,21,22)(H,26,27). The molecule has 0 bridgehead atoms. The number of hydrogen-bond donors (Lipinski definition) is 8. The number of carboxylic acids is 3. The average Bonchev–Trinajstić information content (AvgIpc) is 2.58. The lowest BCUT2D eigenvalue weighted by Gasteiger charge is -2.22. The molecule has 0 aromatic carbocycles. The maximum atomic E-state index is 12.1. The largest absolute Gasteiger partial charge is 0.481 e. The van der Waals surface area contributed by atoms with Crippen molar-refractivity contribution in [3.05, 3.63) is 0 Å². The molecule has 0 spiro atoms. The molecule has 4 atom stereocenters. The van der Waals surface area contributed by atoms with E-state index in [1.54, 1.807) is 0 Å². The van der Waals surface area contributed by atoms with Crippen molar-refractivity contribution in [3.8, 4) is 0 Å². The van der Waals surface area contributed by atoms with Crippen LogP contribution in [0.2, 0.25) is 0 Å². The van der Waals surface area contributed by atoms with Crippen molar-refractivity contribution in [3.63, 3.8) is 0 Å². The molecular formula is C14H22N4O9S. The van der Waals surface area contributed by atoms with Crippen LogP contribution in [0.4, 0.5) is 0 Å². The maximum Gasteiger partial charge on any atom is 0.326 e. The molecule has 0 aromatic rings. The van der Waals surface area contributed by atoms with Gasteiger partial charge in [0.1, 0.15) is 18.1 Å². The first-order valence-corrected chi connectivity index (χ1v) is 8.46. The lowest BCUT2D eigenvalue weighted by Crippen LogP contribution is -2.57. The van der Waals surface area contributed by atoms with Gasteiger partial charge in [-0.3, -0.25) is 24.0 Å². The highest BCUT2D eigenvalue weighted by molar-refractivity contribution is 7.80. The lowest BCUT2D eigenvalue weighted by molar-refractivity contribution is -0.148. The van der Waals surface area contributed by atoms with Crippen LogP contribution >= 0.6 is 12.6 Å². The Morgan fingerprint density at radius 2 is 1.29 bits per heavy atom. The lowest BCUT2D eigenvalue weighted by atomic mass is 10.1. The average molecular weight is 422 g/mol. The molecule has 8 N–H and O–H groups in total. The third-order valence-corrected chi connectivity index (χ3v) is 3.68. The van der Waals surface area contributed by atoms with E-state index in [0.717, 1.165) is 0 Å². The van der Waals surface area contributed by atoms with Crippen molar-refractivity contribution >= 4 is 48.3 Å². The fraction of sp³-hybridized carbons (Fsp3) is 0.571. The summed E-state index contributed by atoms with van der Waals surface area (Å²) < 4.78 is 0. The first kappa shape index (κ1) is 25.1. The van der Waals surface area contributed by atoms with Crippen LogP contribution in [0.3, 0.4) is 0 Å². The molecule has 0 radical (unpaired) electrons. The van der Waals surface area contributed by atoms with E-state index in [-0.39, 0.29) is 5.75 Å². The van der Waals surface area contributed by atoms with Crippen molar-refractivity contribution in [1.29, 1.82) is 0 Å². The zero-order valence-electron chi connectivity index (χ0n) is 14.7. The highest BCUT2D eigenvalue weighted by Gasteiger charge is 2.31. The van der Waals surface area contributed by atoms with Gasteiger partial charge in [0.25, 0.3) is 0 Å². The van der Waals surface area contributed by atoms with Gasteiger partial charge in [-0.2, -0.15) is 12.6 Å². The monoisotopic (exact) mass is 422 g/mol. The summed E-state index contributed by atoms with van der Waals surface area (Å²) in [5.74, 6) is -7.50. The number of carbonyl (C=O) groups is 6. The molecule has 14 heteroatoms. The quantitative estimate of drug-likeness (QED) is 0.147. The van der Waals surface area contributed by atoms with E-state index >= 15 is 0 Å². The fourth-order valence-corrected chi connectivity index (χ4v) is 1.96. The number of thiol groups is 1. The number of aliphatic carboxylic acids is 3. The summed E-state index contributed by atoms with van der Waals surface area (Å²) in [6, 6.07) is -5.73. The molecule has 3 amide bonds. The summed E-state index contributed by atoms with van der Waals surface area (Å²) in [5, 5.41) is 32.6. The molecule has 13 nitrogen and oxygen atoms in total. The van der Waals surface area contributed by atoms with Crippen molar-refractivity contribution in [2.24, 2.45) is 5.73 Å². The Morgan fingerprint density at radius 1 is 0.821 bits per heavy atom. The van der Waals surface area contributed by atoms with Crippen LogP contribution in [0.1, 0.15) is 19.8 Å². The summed E-state index contributed by atoms with van der Waals surface area (Å²) in [6.07, 6.45) is -1.86. The van der Waals surface area contributed by atoms with E-state index in [1.165, 1.54) is 6.92 Å². The van der Waals surface area contributed by atoms with Crippen LogP contribution < -0.4 is 21.7 Å². The molecule has 0 aromatic heterocycles. The second-order valence-corrected chi connectivity index (χ2v) is 6.04. The van der Waals surface area contributed by atoms with Crippen LogP contribution in [-0.4, -0.2) is 80.9 Å². The van der Waals surface area contributed by atoms with Crippen molar-refractivity contribution in [2.75, 3.05) is 5.75 Å². The number of hydrogen-bond acceptors (Lipinski definition) is 8. The Labute approximate surface area is 164 Å². The van der Waals surface area contributed by atoms with E-state index in [2.05, 4.69) is 23.3 Å². The van der Waals surface area contributed by atoms with Crippen LogP contribution in [0.25, 0.3) is 0 Å². The van der Waals surface area contributed by atoms with E-state index in [1.807, 2.05) is 5.32 Å². The smallest absolute Gasteiger partial charge is 0.326 e. The summed E-state index contributed by atoms with van der Waals surface area (Å²) in [6.45, 7) is 1.25. The third-order valence-electron chi connectivity index (χ3n) is 3.29. The summed E-state index contributed by atoms with van der Waals surface area (Å²) in [7, 11) is 0. The Morgan fingerprint density at radius 3 is 1.71 bits per heavy atom. The Bertz CT molecular complexity index is 642. The highest BCUT2D eigenvalue weighted by atomic mass is 32.1. The number of nitrogens with two attached hydrogens (primary N) is 1. The van der Waals surface area contributed by atoms with Gasteiger partial charge in [0, 0.05) is 5.75 Å². The first-order chi connectivity index (χ1) is 12.9. The Balaban J connectivity index is 5.14. The van der Waals surface area contributed by atoms with Gasteiger partial charge in [0.2, 0.25) is 17.7 Å². The van der Waals surface area contributed by atoms with Crippen molar-refractivity contribution in [1.82, 2.24) is 16.0 Å². The van der Waals surface area contributed by atoms with Gasteiger partial charge in [-0.1, -0.05) is 0 Å². The molecule has 4 unspecified atom stereocenters. The fourth-order valence-electron chi connectivity index (χ4n) is 1.80. The molecular weight excluding hydrogens is 400 g/mol. The van der Waals surface area contributed by atoms with Gasteiger partial charge in [0.15, 0.2) is 0 Å². The normalized spacial score (nSPS) is 14.7. The van der Waals surface area contributed by atoms with Crippen molar-refractivity contribution < 1.29 is 44.1 Å². The van der Waals surface area contributed by atoms with Gasteiger partial charge < -0.3 is 37.0 Å². The second kappa shape index (κ2) is 11.8. The molecule has 0 heterocycles. The number of amides is 3. The van der Waals surface area contributed by atoms with Gasteiger partial charge in [0.05, 0.1) is 18.9 Å². The third kappa shape index (κ3) is 9.18. The minimum Gasteiger partial charge on any atom is -0.481 e. The van der Waals surface area contributed by atoms with Gasteiger partial charge in [-0.15, -0.1) is 0 Å². The first-order valence-electron chi connectivity index (χ1n) is 7.83. The summed E-state index contributed by atoms with van der Waals surface area (Å²) in [4.78, 5) is 68.5. The predicted octanol–water partition coefficient (Wildman–Crippen LogP) is -3.25. The zero-order chi connectivity index (χ0) is 22.0. The van der Waals surface area contributed by atoms with Gasteiger partial charge >= 0.3 is 17.9 Å². The van der Waals surface area contributed by atoms with Gasteiger partial charge in [-0.25, -0.2) is 4.79 Å². The molecule has 0 rings (SSSR count). The maximum absolute atomic E-state index is 12.1. The topological polar surface area (TPSA) is 225 Å². The molecule has 0 fully saturated rings. The number of carbonyl (C=O) groups excluding carboxylic acids is 3. The van der Waals surface area contributed by atoms with Crippen LogP contribution in [0.15, 0.2) is 0 Å². The minimum absolute atomic E-state index is 0.00434. The predicted molar refractivity (Wildman–Crippen MR) is 95.4 cm³/mol. The van der Waals surface area contributed by atoms with Crippen LogP contribution in [-0.2, 0) is 28.8 Å². The van der Waals surface area contributed by atoms with Crippen molar-refractivity contribution in [2.45, 2.75) is 43.9 Å². The molecule has 28 heavy (non-hydrogen) atoms. The van der Waals surface area contributed by atoms with E-state index in [4.69, 9.17) is 21.1 Å². The minimum atomic E-state index is -1.83.